The van der Waals surface area contributed by atoms with Gasteiger partial charge in [-0.05, 0) is 25.1 Å². The van der Waals surface area contributed by atoms with Crippen LogP contribution in [-0.4, -0.2) is 15.9 Å². The van der Waals surface area contributed by atoms with Crippen LogP contribution in [0, 0.1) is 6.92 Å². The summed E-state index contributed by atoms with van der Waals surface area (Å²) < 4.78 is 1.06. The lowest BCUT2D eigenvalue weighted by atomic mass is 10.3. The highest BCUT2D eigenvalue weighted by Crippen LogP contribution is 2.25. The van der Waals surface area contributed by atoms with E-state index in [1.165, 1.54) is 17.4 Å². The second-order valence-corrected chi connectivity index (χ2v) is 6.19. The zero-order valence-electron chi connectivity index (χ0n) is 10.7. The van der Waals surface area contributed by atoms with E-state index in [-0.39, 0.29) is 5.91 Å². The topological polar surface area (TPSA) is 54.9 Å². The predicted octanol–water partition coefficient (Wildman–Crippen LogP) is 3.71. The van der Waals surface area contributed by atoms with Gasteiger partial charge in [-0.15, -0.1) is 11.3 Å². The minimum absolute atomic E-state index is 0.199. The van der Waals surface area contributed by atoms with E-state index in [9.17, 15) is 4.79 Å². The molecule has 4 nitrogen and oxygen atoms in total. The lowest BCUT2D eigenvalue weighted by Gasteiger charge is -1.94. The minimum atomic E-state index is -0.199. The van der Waals surface area contributed by atoms with Crippen molar-refractivity contribution < 1.29 is 4.79 Å². The van der Waals surface area contributed by atoms with Crippen LogP contribution in [0.5, 0.6) is 0 Å². The fourth-order valence-corrected chi connectivity index (χ4v) is 3.14. The van der Waals surface area contributed by atoms with Crippen LogP contribution in [0.4, 0.5) is 5.13 Å². The van der Waals surface area contributed by atoms with E-state index in [1.807, 2.05) is 36.6 Å². The second-order valence-electron chi connectivity index (χ2n) is 4.10. The third-order valence-electron chi connectivity index (χ3n) is 2.57. The third kappa shape index (κ3) is 2.92. The van der Waals surface area contributed by atoms with E-state index in [4.69, 9.17) is 0 Å². The first-order valence-corrected chi connectivity index (χ1v) is 7.67. The highest BCUT2D eigenvalue weighted by molar-refractivity contribution is 7.22. The van der Waals surface area contributed by atoms with E-state index in [2.05, 4.69) is 15.3 Å². The first kappa shape index (κ1) is 13.0. The summed E-state index contributed by atoms with van der Waals surface area (Å²) in [7, 11) is 0. The smallest absolute Gasteiger partial charge is 0.250 e. The number of anilines is 1. The quantitative estimate of drug-likeness (QED) is 0.750. The largest absolute Gasteiger partial charge is 0.298 e. The van der Waals surface area contributed by atoms with Gasteiger partial charge in [-0.3, -0.25) is 10.1 Å². The zero-order chi connectivity index (χ0) is 13.9. The van der Waals surface area contributed by atoms with E-state index < -0.39 is 0 Å². The molecule has 0 atom stereocenters. The van der Waals surface area contributed by atoms with Crippen molar-refractivity contribution in [2.75, 3.05) is 5.32 Å². The van der Waals surface area contributed by atoms with Crippen molar-refractivity contribution in [2.45, 2.75) is 6.92 Å². The molecule has 0 spiro atoms. The van der Waals surface area contributed by atoms with Gasteiger partial charge in [0.2, 0.25) is 5.91 Å². The molecular weight excluding hydrogens is 290 g/mol. The van der Waals surface area contributed by atoms with Crippen LogP contribution in [0.1, 0.15) is 10.7 Å². The molecule has 1 aromatic carbocycles. The molecule has 0 radical (unpaired) electrons. The van der Waals surface area contributed by atoms with Gasteiger partial charge < -0.3 is 0 Å². The van der Waals surface area contributed by atoms with E-state index in [0.717, 1.165) is 20.9 Å². The molecule has 0 saturated carbocycles. The molecular formula is C14H11N3OS2. The van der Waals surface area contributed by atoms with Crippen LogP contribution in [0.3, 0.4) is 0 Å². The Morgan fingerprint density at radius 1 is 1.30 bits per heavy atom. The van der Waals surface area contributed by atoms with E-state index in [1.54, 1.807) is 17.4 Å². The maximum absolute atomic E-state index is 11.8. The van der Waals surface area contributed by atoms with Crippen molar-refractivity contribution in [3.05, 3.63) is 46.4 Å². The molecule has 0 unspecified atom stereocenters. The number of hydrogen-bond acceptors (Lipinski definition) is 5. The molecule has 20 heavy (non-hydrogen) atoms. The molecule has 0 aliphatic carbocycles. The van der Waals surface area contributed by atoms with Crippen LogP contribution in [-0.2, 0) is 4.79 Å². The summed E-state index contributed by atoms with van der Waals surface area (Å²) in [5.74, 6) is -0.199. The number of aromatic nitrogens is 2. The fraction of sp³-hybridized carbons (Fsp3) is 0.0714. The van der Waals surface area contributed by atoms with Gasteiger partial charge in [-0.25, -0.2) is 9.97 Å². The maximum atomic E-state index is 11.8. The van der Waals surface area contributed by atoms with Gasteiger partial charge in [0.1, 0.15) is 0 Å². The van der Waals surface area contributed by atoms with Crippen LogP contribution in [0.25, 0.3) is 16.3 Å². The molecule has 0 bridgehead atoms. The third-order valence-corrected chi connectivity index (χ3v) is 4.31. The highest BCUT2D eigenvalue weighted by atomic mass is 32.1. The zero-order valence-corrected chi connectivity index (χ0v) is 12.3. The normalized spacial score (nSPS) is 11.2. The Balaban J connectivity index is 1.70. The fourth-order valence-electron chi connectivity index (χ4n) is 1.69. The summed E-state index contributed by atoms with van der Waals surface area (Å²) in [5.41, 5.74) is 1.69. The molecule has 2 aromatic heterocycles. The molecule has 0 fully saturated rings. The average Bonchev–Trinajstić information content (AvgIpc) is 3.01. The number of nitrogens with one attached hydrogen (secondary N) is 1. The SMILES string of the molecule is Cc1nc(/C=C/C(=O)Nc2nc3ccccc3s2)cs1. The van der Waals surface area contributed by atoms with Crippen molar-refractivity contribution in [3.63, 3.8) is 0 Å². The Bertz CT molecular complexity index is 755. The monoisotopic (exact) mass is 301 g/mol. The van der Waals surface area contributed by atoms with Crippen LogP contribution in [0.2, 0.25) is 0 Å². The average molecular weight is 301 g/mol. The molecule has 0 aliphatic rings. The number of rotatable bonds is 3. The molecule has 1 amide bonds. The molecule has 2 heterocycles. The first-order chi connectivity index (χ1) is 9.70. The predicted molar refractivity (Wildman–Crippen MR) is 84.1 cm³/mol. The number of hydrogen-bond donors (Lipinski definition) is 1. The number of nitrogens with zero attached hydrogens (tertiary/aromatic N) is 2. The standard InChI is InChI=1S/C14H11N3OS2/c1-9-15-10(8-19-9)6-7-13(18)17-14-16-11-4-2-3-5-12(11)20-14/h2-8H,1H3,(H,16,17,18)/b7-6+. The lowest BCUT2D eigenvalue weighted by molar-refractivity contribution is -0.111. The Morgan fingerprint density at radius 3 is 2.90 bits per heavy atom. The number of amides is 1. The molecule has 0 saturated heterocycles. The van der Waals surface area contributed by atoms with Gasteiger partial charge in [-0.2, -0.15) is 0 Å². The molecule has 6 heteroatoms. The maximum Gasteiger partial charge on any atom is 0.250 e. The Kier molecular flexibility index (Phi) is 3.58. The van der Waals surface area contributed by atoms with Gasteiger partial charge >= 0.3 is 0 Å². The van der Waals surface area contributed by atoms with Gasteiger partial charge in [-0.1, -0.05) is 23.5 Å². The summed E-state index contributed by atoms with van der Waals surface area (Å²) >= 11 is 3.02. The highest BCUT2D eigenvalue weighted by Gasteiger charge is 2.05. The Morgan fingerprint density at radius 2 is 2.15 bits per heavy atom. The summed E-state index contributed by atoms with van der Waals surface area (Å²) in [6.45, 7) is 1.93. The van der Waals surface area contributed by atoms with Crippen molar-refractivity contribution in [3.8, 4) is 0 Å². The number of aryl methyl sites for hydroxylation is 1. The summed E-state index contributed by atoms with van der Waals surface area (Å²) in [5, 5.41) is 6.27. The molecule has 1 N–H and O–H groups in total. The summed E-state index contributed by atoms with van der Waals surface area (Å²) in [6, 6.07) is 7.79. The van der Waals surface area contributed by atoms with E-state index >= 15 is 0 Å². The van der Waals surface area contributed by atoms with Crippen LogP contribution in [0.15, 0.2) is 35.7 Å². The number of carbonyl (C=O) groups excluding carboxylic acids is 1. The van der Waals surface area contributed by atoms with Gasteiger partial charge in [0.15, 0.2) is 5.13 Å². The van der Waals surface area contributed by atoms with Crippen molar-refractivity contribution in [2.24, 2.45) is 0 Å². The molecule has 0 aliphatic heterocycles. The van der Waals surface area contributed by atoms with Gasteiger partial charge in [0.05, 0.1) is 20.9 Å². The second kappa shape index (κ2) is 5.52. The first-order valence-electron chi connectivity index (χ1n) is 5.97. The van der Waals surface area contributed by atoms with E-state index in [0.29, 0.717) is 5.13 Å². The molecule has 3 aromatic rings. The number of benzene rings is 1. The number of para-hydroxylation sites is 1. The summed E-state index contributed by atoms with van der Waals surface area (Å²) in [4.78, 5) is 20.4. The van der Waals surface area contributed by atoms with Crippen LogP contribution >= 0.6 is 22.7 Å². The van der Waals surface area contributed by atoms with Gasteiger partial charge in [0.25, 0.3) is 0 Å². The Hall–Kier alpha value is -2.05. The lowest BCUT2D eigenvalue weighted by Crippen LogP contribution is -2.07. The van der Waals surface area contributed by atoms with Gasteiger partial charge in [0, 0.05) is 11.5 Å². The molecule has 3 rings (SSSR count). The summed E-state index contributed by atoms with van der Waals surface area (Å²) in [6.07, 6.45) is 3.17. The van der Waals surface area contributed by atoms with Crippen molar-refractivity contribution in [1.82, 2.24) is 9.97 Å². The van der Waals surface area contributed by atoms with Crippen LogP contribution < -0.4 is 5.32 Å². The Labute approximate surface area is 123 Å². The number of carbonyl (C=O) groups is 1. The molecule has 100 valence electrons. The minimum Gasteiger partial charge on any atom is -0.298 e. The number of fused-ring (bicyclic) bond motifs is 1. The van der Waals surface area contributed by atoms with Crippen molar-refractivity contribution >= 4 is 50.0 Å². The van der Waals surface area contributed by atoms with Crippen molar-refractivity contribution in [1.29, 1.82) is 0 Å². The number of thiazole rings is 2.